The van der Waals surface area contributed by atoms with Gasteiger partial charge in [-0.15, -0.1) is 0 Å². The van der Waals surface area contributed by atoms with Crippen molar-refractivity contribution in [2.24, 2.45) is 28.6 Å². The normalized spacial score (nSPS) is 55.2. The zero-order chi connectivity index (χ0) is 21.5. The van der Waals surface area contributed by atoms with Gasteiger partial charge in [-0.3, -0.25) is 0 Å². The van der Waals surface area contributed by atoms with E-state index in [0.717, 1.165) is 11.9 Å². The van der Waals surface area contributed by atoms with Crippen molar-refractivity contribution in [3.8, 4) is 0 Å². The van der Waals surface area contributed by atoms with Crippen molar-refractivity contribution in [2.75, 3.05) is 6.61 Å². The Balaban J connectivity index is 1.56. The minimum absolute atomic E-state index is 0.161. The highest BCUT2D eigenvalue weighted by Gasteiger charge is 2.73. The quantitative estimate of drug-likeness (QED) is 0.386. The van der Waals surface area contributed by atoms with Crippen molar-refractivity contribution in [1.29, 1.82) is 0 Å². The van der Waals surface area contributed by atoms with Gasteiger partial charge in [0.2, 0.25) is 0 Å². The van der Waals surface area contributed by atoms with Gasteiger partial charge in [0, 0.05) is 17.9 Å². The van der Waals surface area contributed by atoms with Crippen LogP contribution in [-0.4, -0.2) is 62.7 Å². The number of ether oxygens (including phenoxy) is 1. The highest BCUT2D eigenvalue weighted by atomic mass is 16.5. The molecule has 0 amide bonds. The number of hydrogen-bond acceptors (Lipinski definition) is 7. The first-order valence-corrected chi connectivity index (χ1v) is 11.3. The third kappa shape index (κ3) is 2.30. The van der Waals surface area contributed by atoms with Crippen molar-refractivity contribution in [3.05, 3.63) is 11.6 Å². The second-order valence-corrected chi connectivity index (χ2v) is 10.7. The second-order valence-electron chi connectivity index (χ2n) is 10.7. The Morgan fingerprint density at radius 1 is 1.10 bits per heavy atom. The molecule has 9 atom stereocenters. The highest BCUT2D eigenvalue weighted by Crippen LogP contribution is 2.70. The van der Waals surface area contributed by atoms with Gasteiger partial charge in [0.05, 0.1) is 28.8 Å². The number of esters is 1. The lowest BCUT2D eigenvalue weighted by atomic mass is 9.41. The number of aliphatic hydroxyl groups excluding tert-OH is 2. The third-order valence-corrected chi connectivity index (χ3v) is 9.94. The molecule has 1 aliphatic heterocycles. The van der Waals surface area contributed by atoms with E-state index >= 15 is 0 Å². The van der Waals surface area contributed by atoms with E-state index in [9.17, 15) is 30.0 Å². The van der Waals surface area contributed by atoms with Gasteiger partial charge >= 0.3 is 5.97 Å². The Bertz CT molecular complexity index is 809. The maximum absolute atomic E-state index is 12.5. The van der Waals surface area contributed by atoms with Gasteiger partial charge in [0.25, 0.3) is 0 Å². The summed E-state index contributed by atoms with van der Waals surface area (Å²) in [4.78, 5) is 24.2. The van der Waals surface area contributed by atoms with E-state index in [-0.39, 0.29) is 36.8 Å². The SMILES string of the molecule is C[C@]12[C@H](O)C[C@H]3[C@@H](CC[C@]4(O)C[C@@H](O)CC[C@]34C=O)[C@@]1(O)CC[C@@H]2C1=CC(=O)OC1. The maximum Gasteiger partial charge on any atom is 0.331 e. The molecule has 7 heteroatoms. The van der Waals surface area contributed by atoms with Gasteiger partial charge in [-0.05, 0) is 68.3 Å². The number of carbonyl (C=O) groups excluding carboxylic acids is 2. The lowest BCUT2D eigenvalue weighted by Gasteiger charge is -2.66. The van der Waals surface area contributed by atoms with Crippen molar-refractivity contribution >= 4 is 12.3 Å². The number of hydrogen-bond donors (Lipinski definition) is 4. The fourth-order valence-electron chi connectivity index (χ4n) is 8.33. The van der Waals surface area contributed by atoms with Gasteiger partial charge in [0.1, 0.15) is 12.9 Å². The van der Waals surface area contributed by atoms with Gasteiger partial charge in [-0.25, -0.2) is 4.79 Å². The molecule has 4 saturated carbocycles. The first-order valence-electron chi connectivity index (χ1n) is 11.3. The summed E-state index contributed by atoms with van der Waals surface area (Å²) in [5.41, 5.74) is -3.57. The van der Waals surface area contributed by atoms with Crippen LogP contribution in [0.1, 0.15) is 58.3 Å². The predicted octanol–water partition coefficient (Wildman–Crippen LogP) is 0.869. The molecule has 0 aromatic rings. The molecule has 0 unspecified atom stereocenters. The van der Waals surface area contributed by atoms with Gasteiger partial charge in [0.15, 0.2) is 0 Å². The van der Waals surface area contributed by atoms with Crippen LogP contribution in [0.25, 0.3) is 0 Å². The lowest BCUT2D eigenvalue weighted by Crippen LogP contribution is -2.71. The van der Waals surface area contributed by atoms with E-state index in [1.54, 1.807) is 0 Å². The number of cyclic esters (lactones) is 1. The fourth-order valence-corrected chi connectivity index (χ4v) is 8.33. The second kappa shape index (κ2) is 6.37. The van der Waals surface area contributed by atoms with Crippen LogP contribution in [0.3, 0.4) is 0 Å². The van der Waals surface area contributed by atoms with Crippen LogP contribution in [0.5, 0.6) is 0 Å². The molecule has 0 aromatic heterocycles. The smallest absolute Gasteiger partial charge is 0.331 e. The molecule has 4 N–H and O–H groups in total. The molecule has 0 bridgehead atoms. The summed E-state index contributed by atoms with van der Waals surface area (Å²) in [6.07, 6.45) is 4.15. The summed E-state index contributed by atoms with van der Waals surface area (Å²) in [6.45, 7) is 2.11. The van der Waals surface area contributed by atoms with Crippen molar-refractivity contribution < 1.29 is 34.8 Å². The summed E-state index contributed by atoms with van der Waals surface area (Å²) in [5.74, 6) is -1.11. The Labute approximate surface area is 176 Å². The van der Waals surface area contributed by atoms with Crippen molar-refractivity contribution in [3.63, 3.8) is 0 Å². The van der Waals surface area contributed by atoms with Crippen LogP contribution < -0.4 is 0 Å². The summed E-state index contributed by atoms with van der Waals surface area (Å²) in [7, 11) is 0. The maximum atomic E-state index is 12.5. The topological polar surface area (TPSA) is 124 Å². The number of fused-ring (bicyclic) bond motifs is 5. The average Bonchev–Trinajstić information content (AvgIpc) is 3.23. The molecule has 1 heterocycles. The Kier molecular flexibility index (Phi) is 4.38. The zero-order valence-electron chi connectivity index (χ0n) is 17.4. The van der Waals surface area contributed by atoms with E-state index in [0.29, 0.717) is 44.9 Å². The molecule has 5 aliphatic rings. The van der Waals surface area contributed by atoms with Crippen molar-refractivity contribution in [2.45, 2.75) is 81.7 Å². The van der Waals surface area contributed by atoms with Crippen LogP contribution in [-0.2, 0) is 14.3 Å². The number of rotatable bonds is 2. The molecule has 0 aromatic carbocycles. The lowest BCUT2D eigenvalue weighted by molar-refractivity contribution is -0.270. The first-order chi connectivity index (χ1) is 14.1. The monoisotopic (exact) mass is 420 g/mol. The first kappa shape index (κ1) is 20.6. The standard InChI is InChI=1S/C23H32O7/c1-20-15(13-8-19(27)30-11-13)4-7-23(20,29)16-3-6-22(28)10-14(25)2-5-21(22,12-24)17(16)9-18(20)26/h8,12,14-18,25-26,28-29H,2-7,9-11H2,1H3/t14-,15+,16+,17-,18+,20-,21-,22-,23-/m0/s1. The minimum atomic E-state index is -1.30. The highest BCUT2D eigenvalue weighted by molar-refractivity contribution is 5.85. The van der Waals surface area contributed by atoms with E-state index in [4.69, 9.17) is 4.74 Å². The van der Waals surface area contributed by atoms with Crippen LogP contribution in [0.4, 0.5) is 0 Å². The van der Waals surface area contributed by atoms with Crippen LogP contribution in [0.2, 0.25) is 0 Å². The largest absolute Gasteiger partial charge is 0.458 e. The van der Waals surface area contributed by atoms with E-state index < -0.39 is 34.2 Å². The molecule has 0 saturated heterocycles. The summed E-state index contributed by atoms with van der Waals surface area (Å²) < 4.78 is 5.11. The molecule has 7 nitrogen and oxygen atoms in total. The van der Waals surface area contributed by atoms with Crippen LogP contribution in [0.15, 0.2) is 11.6 Å². The Morgan fingerprint density at radius 3 is 2.53 bits per heavy atom. The molecular formula is C23H32O7. The third-order valence-electron chi connectivity index (χ3n) is 9.94. The summed E-state index contributed by atoms with van der Waals surface area (Å²) >= 11 is 0. The Morgan fingerprint density at radius 2 is 1.87 bits per heavy atom. The molecule has 4 aliphatic carbocycles. The molecule has 4 fully saturated rings. The Hall–Kier alpha value is -1.28. The molecule has 166 valence electrons. The van der Waals surface area contributed by atoms with Crippen LogP contribution >= 0.6 is 0 Å². The summed E-state index contributed by atoms with van der Waals surface area (Å²) in [6, 6.07) is 0. The van der Waals surface area contributed by atoms with E-state index in [2.05, 4.69) is 0 Å². The molecule has 0 radical (unpaired) electrons. The minimum Gasteiger partial charge on any atom is -0.458 e. The molecular weight excluding hydrogens is 388 g/mol. The van der Waals surface area contributed by atoms with Crippen molar-refractivity contribution in [1.82, 2.24) is 0 Å². The fraction of sp³-hybridized carbons (Fsp3) is 0.826. The van der Waals surface area contributed by atoms with Gasteiger partial charge < -0.3 is 30.0 Å². The van der Waals surface area contributed by atoms with E-state index in [1.807, 2.05) is 6.92 Å². The van der Waals surface area contributed by atoms with E-state index in [1.165, 1.54) is 6.08 Å². The molecule has 0 spiro atoms. The average molecular weight is 421 g/mol. The van der Waals surface area contributed by atoms with Gasteiger partial charge in [-0.1, -0.05) is 6.92 Å². The molecule has 5 rings (SSSR count). The summed E-state index contributed by atoms with van der Waals surface area (Å²) in [5, 5.41) is 45.2. The number of aldehydes is 1. The number of carbonyl (C=O) groups is 2. The van der Waals surface area contributed by atoms with Crippen LogP contribution in [0, 0.1) is 28.6 Å². The van der Waals surface area contributed by atoms with Gasteiger partial charge in [-0.2, -0.15) is 0 Å². The predicted molar refractivity (Wildman–Crippen MR) is 105 cm³/mol. The zero-order valence-corrected chi connectivity index (χ0v) is 17.4. The molecule has 30 heavy (non-hydrogen) atoms. The number of aliphatic hydroxyl groups is 4.